The fourth-order valence-corrected chi connectivity index (χ4v) is 4.18. The number of aliphatic hydroxyl groups excluding tert-OH is 1. The molecular weight excluding hydrogens is 376 g/mol. The largest absolute Gasteiger partial charge is 0.437 e. The summed E-state index contributed by atoms with van der Waals surface area (Å²) in [5.41, 5.74) is 4.02. The number of aliphatic hydroxyl groups is 1. The molecule has 1 aliphatic rings. The zero-order valence-electron chi connectivity index (χ0n) is 16.7. The van der Waals surface area contributed by atoms with Crippen LogP contribution in [0.2, 0.25) is 0 Å². The average molecular weight is 400 g/mol. The smallest absolute Gasteiger partial charge is 0.241 e. The van der Waals surface area contributed by atoms with Crippen molar-refractivity contribution >= 4 is 11.0 Å². The summed E-state index contributed by atoms with van der Waals surface area (Å²) >= 11 is 0. The number of para-hydroxylation sites is 2. The molecule has 0 radical (unpaired) electrons. The van der Waals surface area contributed by atoms with E-state index < -0.39 is 0 Å². The van der Waals surface area contributed by atoms with Crippen molar-refractivity contribution in [2.75, 3.05) is 0 Å². The number of ether oxygens (including phenoxy) is 1. The molecule has 6 nitrogen and oxygen atoms in total. The van der Waals surface area contributed by atoms with Gasteiger partial charge in [-0.05, 0) is 49.1 Å². The Morgan fingerprint density at radius 2 is 1.83 bits per heavy atom. The topological polar surface area (TPSA) is 83.9 Å². The van der Waals surface area contributed by atoms with Crippen LogP contribution in [-0.2, 0) is 6.42 Å². The maximum atomic E-state index is 10.0. The van der Waals surface area contributed by atoms with Crippen LogP contribution in [-0.4, -0.2) is 31.1 Å². The lowest BCUT2D eigenvalue weighted by Crippen LogP contribution is -2.19. The molecular formula is C24H24N4O2. The van der Waals surface area contributed by atoms with Crippen LogP contribution in [0.4, 0.5) is 0 Å². The molecule has 1 saturated carbocycles. The van der Waals surface area contributed by atoms with Crippen molar-refractivity contribution in [1.29, 1.82) is 0 Å². The summed E-state index contributed by atoms with van der Waals surface area (Å²) in [5.74, 6) is 2.38. The molecule has 0 bridgehead atoms. The van der Waals surface area contributed by atoms with Gasteiger partial charge in [-0.2, -0.15) is 0 Å². The van der Waals surface area contributed by atoms with Gasteiger partial charge < -0.3 is 14.8 Å². The molecule has 152 valence electrons. The number of nitrogens with zero attached hydrogens (tertiary/aromatic N) is 3. The van der Waals surface area contributed by atoms with Gasteiger partial charge in [-0.15, -0.1) is 0 Å². The van der Waals surface area contributed by atoms with Crippen molar-refractivity contribution in [2.24, 2.45) is 0 Å². The monoisotopic (exact) mass is 400 g/mol. The third kappa shape index (κ3) is 4.04. The average Bonchev–Trinajstić information content (AvgIpc) is 3.18. The Balaban J connectivity index is 1.30. The number of benzene rings is 2. The van der Waals surface area contributed by atoms with E-state index in [4.69, 9.17) is 4.74 Å². The van der Waals surface area contributed by atoms with Crippen molar-refractivity contribution in [1.82, 2.24) is 19.9 Å². The van der Waals surface area contributed by atoms with Gasteiger partial charge in [-0.1, -0.05) is 30.7 Å². The van der Waals surface area contributed by atoms with Crippen LogP contribution in [0, 0.1) is 0 Å². The predicted octanol–water partition coefficient (Wildman–Crippen LogP) is 4.75. The molecule has 2 heterocycles. The molecule has 0 unspecified atom stereocenters. The Morgan fingerprint density at radius 3 is 2.67 bits per heavy atom. The maximum Gasteiger partial charge on any atom is 0.241 e. The van der Waals surface area contributed by atoms with Crippen LogP contribution in [0.25, 0.3) is 11.0 Å². The fourth-order valence-electron chi connectivity index (χ4n) is 4.18. The number of aromatic nitrogens is 4. The van der Waals surface area contributed by atoms with Crippen LogP contribution in [0.5, 0.6) is 11.6 Å². The summed E-state index contributed by atoms with van der Waals surface area (Å²) in [6, 6.07) is 16.0. The Bertz CT molecular complexity index is 1110. The summed E-state index contributed by atoms with van der Waals surface area (Å²) in [6.07, 6.45) is 7.38. The zero-order valence-corrected chi connectivity index (χ0v) is 16.7. The summed E-state index contributed by atoms with van der Waals surface area (Å²) in [7, 11) is 0. The van der Waals surface area contributed by atoms with Crippen LogP contribution in [0.3, 0.4) is 0 Å². The van der Waals surface area contributed by atoms with Crippen molar-refractivity contribution in [3.63, 3.8) is 0 Å². The van der Waals surface area contributed by atoms with E-state index in [1.165, 1.54) is 0 Å². The Labute approximate surface area is 175 Å². The third-order valence-electron chi connectivity index (χ3n) is 5.67. The molecule has 1 aliphatic carbocycles. The predicted molar refractivity (Wildman–Crippen MR) is 115 cm³/mol. The number of hydrogen-bond donors (Lipinski definition) is 2. The van der Waals surface area contributed by atoms with Gasteiger partial charge in [-0.25, -0.2) is 9.97 Å². The van der Waals surface area contributed by atoms with E-state index in [1.54, 1.807) is 12.4 Å². The molecule has 5 rings (SSSR count). The van der Waals surface area contributed by atoms with E-state index in [2.05, 4.69) is 19.9 Å². The van der Waals surface area contributed by atoms with Crippen molar-refractivity contribution < 1.29 is 9.84 Å². The highest BCUT2D eigenvalue weighted by Gasteiger charge is 2.26. The summed E-state index contributed by atoms with van der Waals surface area (Å²) < 4.78 is 6.07. The Hall–Kier alpha value is -3.25. The van der Waals surface area contributed by atoms with Crippen LogP contribution < -0.4 is 4.74 Å². The molecule has 30 heavy (non-hydrogen) atoms. The second kappa shape index (κ2) is 8.24. The molecule has 1 fully saturated rings. The van der Waals surface area contributed by atoms with E-state index in [0.717, 1.165) is 59.5 Å². The summed E-state index contributed by atoms with van der Waals surface area (Å²) in [6.45, 7) is 0. The highest BCUT2D eigenvalue weighted by atomic mass is 16.5. The van der Waals surface area contributed by atoms with Crippen molar-refractivity contribution in [2.45, 2.75) is 44.1 Å². The van der Waals surface area contributed by atoms with Crippen LogP contribution in [0.15, 0.2) is 60.9 Å². The minimum absolute atomic E-state index is 0.185. The number of hydrogen-bond acceptors (Lipinski definition) is 5. The number of H-pyrrole nitrogens is 1. The number of nitrogens with one attached hydrogen (secondary N) is 1. The first-order valence-corrected chi connectivity index (χ1v) is 10.4. The quantitative estimate of drug-likeness (QED) is 0.505. The minimum Gasteiger partial charge on any atom is -0.437 e. The highest BCUT2D eigenvalue weighted by molar-refractivity contribution is 5.74. The lowest BCUT2D eigenvalue weighted by Gasteiger charge is -2.26. The van der Waals surface area contributed by atoms with Gasteiger partial charge in [0.15, 0.2) is 0 Å². The second-order valence-corrected chi connectivity index (χ2v) is 7.89. The number of fused-ring (bicyclic) bond motifs is 1. The van der Waals surface area contributed by atoms with Gasteiger partial charge in [0.25, 0.3) is 0 Å². The third-order valence-corrected chi connectivity index (χ3v) is 5.67. The van der Waals surface area contributed by atoms with E-state index in [1.807, 2.05) is 48.5 Å². The number of imidazole rings is 1. The van der Waals surface area contributed by atoms with Gasteiger partial charge in [-0.3, -0.25) is 4.98 Å². The summed E-state index contributed by atoms with van der Waals surface area (Å²) in [5, 5.41) is 10.0. The van der Waals surface area contributed by atoms with Crippen LogP contribution in [0.1, 0.15) is 48.7 Å². The minimum atomic E-state index is -0.267. The molecule has 4 aromatic rings. The molecule has 2 aromatic heterocycles. The van der Waals surface area contributed by atoms with E-state index in [9.17, 15) is 5.11 Å². The van der Waals surface area contributed by atoms with Gasteiger partial charge in [0, 0.05) is 24.7 Å². The molecule has 0 spiro atoms. The standard InChI is InChI=1S/C24H24N4O2/c29-18-5-3-4-17(15-18)23-24(26-13-12-25-23)30-19-10-8-16(9-11-19)14-22-27-20-6-1-2-7-21(20)28-22/h1-2,6-13,17-18,29H,3-5,14-15H2,(H,27,28)/t17-,18-/m0/s1. The number of rotatable bonds is 5. The van der Waals surface area contributed by atoms with Crippen molar-refractivity contribution in [3.8, 4) is 11.6 Å². The number of aromatic amines is 1. The molecule has 0 aliphatic heterocycles. The van der Waals surface area contributed by atoms with Gasteiger partial charge in [0.1, 0.15) is 17.3 Å². The summed E-state index contributed by atoms with van der Waals surface area (Å²) in [4.78, 5) is 16.9. The molecule has 2 atom stereocenters. The first-order valence-electron chi connectivity index (χ1n) is 10.4. The normalized spacial score (nSPS) is 19.1. The van der Waals surface area contributed by atoms with Gasteiger partial charge in [0.05, 0.1) is 17.1 Å². The molecule has 0 saturated heterocycles. The Kier molecular flexibility index (Phi) is 5.15. The van der Waals surface area contributed by atoms with Crippen molar-refractivity contribution in [3.05, 3.63) is 78.0 Å². The fraction of sp³-hybridized carbons (Fsp3) is 0.292. The van der Waals surface area contributed by atoms with E-state index in [-0.39, 0.29) is 12.0 Å². The van der Waals surface area contributed by atoms with Gasteiger partial charge >= 0.3 is 0 Å². The van der Waals surface area contributed by atoms with Gasteiger partial charge in [0.2, 0.25) is 5.88 Å². The first kappa shape index (κ1) is 18.8. The molecule has 6 heteroatoms. The maximum absolute atomic E-state index is 10.0. The lowest BCUT2D eigenvalue weighted by atomic mass is 9.85. The molecule has 0 amide bonds. The van der Waals surface area contributed by atoms with E-state index in [0.29, 0.717) is 12.3 Å². The van der Waals surface area contributed by atoms with Crippen LogP contribution >= 0.6 is 0 Å². The Morgan fingerprint density at radius 1 is 1.00 bits per heavy atom. The second-order valence-electron chi connectivity index (χ2n) is 7.89. The zero-order chi connectivity index (χ0) is 20.3. The van der Waals surface area contributed by atoms with E-state index >= 15 is 0 Å². The molecule has 2 aromatic carbocycles. The highest BCUT2D eigenvalue weighted by Crippen LogP contribution is 2.36. The lowest BCUT2D eigenvalue weighted by molar-refractivity contribution is 0.118. The first-order chi connectivity index (χ1) is 14.7. The molecule has 2 N–H and O–H groups in total. The SMILES string of the molecule is O[C@H]1CCC[C@H](c2nccnc2Oc2ccc(Cc3nc4ccccc4[nH]3)cc2)C1.